The van der Waals surface area contributed by atoms with E-state index >= 15 is 0 Å². The van der Waals surface area contributed by atoms with Crippen LogP contribution in [0.5, 0.6) is 0 Å². The van der Waals surface area contributed by atoms with Crippen molar-refractivity contribution in [1.29, 1.82) is 0 Å². The van der Waals surface area contributed by atoms with Crippen LogP contribution in [0.2, 0.25) is 0 Å². The number of rotatable bonds is 2. The molecule has 2 heteroatoms. The zero-order valence-electron chi connectivity index (χ0n) is 7.68. The molecule has 70 valence electrons. The van der Waals surface area contributed by atoms with Crippen molar-refractivity contribution in [2.75, 3.05) is 0 Å². The Morgan fingerprint density at radius 3 is 1.29 bits per heavy atom. The zero-order valence-corrected chi connectivity index (χ0v) is 12.2. The summed E-state index contributed by atoms with van der Waals surface area (Å²) in [6, 6.07) is 21.6. The third-order valence-corrected chi connectivity index (χ3v) is 5.39. The summed E-state index contributed by atoms with van der Waals surface area (Å²) in [5.74, 6) is 0. The van der Waals surface area contributed by atoms with E-state index in [1.807, 2.05) is 0 Å². The normalized spacial score (nSPS) is 9.14. The first-order valence-electron chi connectivity index (χ1n) is 4.32. The van der Waals surface area contributed by atoms with Crippen LogP contribution in [0, 0.1) is 0 Å². The number of halogens is 1. The molecule has 0 fully saturated rings. The van der Waals surface area contributed by atoms with Gasteiger partial charge in [-0.15, -0.1) is 17.0 Å². The molecule has 2 aromatic rings. The molecule has 14 heavy (non-hydrogen) atoms. The van der Waals surface area contributed by atoms with Crippen molar-refractivity contribution in [2.45, 2.75) is 0 Å². The van der Waals surface area contributed by atoms with Gasteiger partial charge < -0.3 is 0 Å². The molecular formula is C12H11BrSn. The van der Waals surface area contributed by atoms with Gasteiger partial charge in [0.25, 0.3) is 0 Å². The summed E-state index contributed by atoms with van der Waals surface area (Å²) in [7, 11) is 0. The van der Waals surface area contributed by atoms with Crippen LogP contribution in [0.1, 0.15) is 0 Å². The maximum absolute atomic E-state index is 2.24. The van der Waals surface area contributed by atoms with Gasteiger partial charge in [-0.1, -0.05) is 0 Å². The number of hydrogen-bond acceptors (Lipinski definition) is 0. The fourth-order valence-electron chi connectivity index (χ4n) is 1.21. The third kappa shape index (κ3) is 3.46. The van der Waals surface area contributed by atoms with Gasteiger partial charge in [-0.05, 0) is 0 Å². The Labute approximate surface area is 105 Å². The van der Waals surface area contributed by atoms with E-state index in [1.54, 1.807) is 0 Å². The minimum atomic E-state index is -0.517. The first-order valence-corrected chi connectivity index (χ1v) is 7.18. The topological polar surface area (TPSA) is 0 Å². The Bertz CT molecular complexity index is 321. The van der Waals surface area contributed by atoms with E-state index < -0.39 is 21.1 Å². The molecule has 0 aromatic heterocycles. The Balaban J connectivity index is 0.000000980. The second-order valence-corrected chi connectivity index (χ2v) is 6.87. The molecule has 0 aliphatic carbocycles. The molecule has 0 spiro atoms. The minimum absolute atomic E-state index is 0. The van der Waals surface area contributed by atoms with Crippen LogP contribution in [0.15, 0.2) is 60.7 Å². The summed E-state index contributed by atoms with van der Waals surface area (Å²) in [5.41, 5.74) is 0. The number of hydrogen-bond donors (Lipinski definition) is 0. The standard InChI is InChI=1S/2C6H5.BrH.Sn/c2*1-2-4-6-5-3-1;;/h2*1-5H;1H;. The van der Waals surface area contributed by atoms with Gasteiger partial charge in [0.1, 0.15) is 0 Å². The summed E-state index contributed by atoms with van der Waals surface area (Å²) < 4.78 is 3.08. The fourth-order valence-corrected chi connectivity index (χ4v) is 4.21. The molecule has 2 aromatic carbocycles. The van der Waals surface area contributed by atoms with Crippen LogP contribution >= 0.6 is 17.0 Å². The number of benzene rings is 2. The summed E-state index contributed by atoms with van der Waals surface area (Å²) in [6.45, 7) is 0. The second kappa shape index (κ2) is 6.25. The Morgan fingerprint density at radius 2 is 0.929 bits per heavy atom. The van der Waals surface area contributed by atoms with E-state index in [1.165, 1.54) is 7.16 Å². The zero-order chi connectivity index (χ0) is 8.93. The Kier molecular flexibility index (Phi) is 5.26. The Morgan fingerprint density at radius 1 is 0.571 bits per heavy atom. The summed E-state index contributed by atoms with van der Waals surface area (Å²) in [5, 5.41) is 0. The predicted molar refractivity (Wildman–Crippen MR) is 68.2 cm³/mol. The monoisotopic (exact) mass is 354 g/mol. The van der Waals surface area contributed by atoms with Gasteiger partial charge in [0.2, 0.25) is 0 Å². The first kappa shape index (κ1) is 11.8. The average molecular weight is 354 g/mol. The van der Waals surface area contributed by atoms with Crippen LogP contribution in [0.25, 0.3) is 0 Å². The van der Waals surface area contributed by atoms with Crippen molar-refractivity contribution < 1.29 is 0 Å². The summed E-state index contributed by atoms with van der Waals surface area (Å²) >= 11 is -0.517. The van der Waals surface area contributed by atoms with E-state index in [2.05, 4.69) is 60.7 Å². The Hall–Kier alpha value is -0.281. The molecule has 2 rings (SSSR count). The molecule has 0 atom stereocenters. The quantitative estimate of drug-likeness (QED) is 0.724. The molecule has 0 heterocycles. The van der Waals surface area contributed by atoms with Crippen molar-refractivity contribution in [3.63, 3.8) is 0 Å². The van der Waals surface area contributed by atoms with Crippen LogP contribution in [-0.4, -0.2) is 21.1 Å². The van der Waals surface area contributed by atoms with Gasteiger partial charge in [0.05, 0.1) is 0 Å². The second-order valence-electron chi connectivity index (χ2n) is 2.86. The molecule has 0 N–H and O–H groups in total. The molecule has 0 bridgehead atoms. The van der Waals surface area contributed by atoms with E-state index in [9.17, 15) is 0 Å². The van der Waals surface area contributed by atoms with Crippen LogP contribution in [-0.2, 0) is 0 Å². The molecule has 0 unspecified atom stereocenters. The molecule has 0 aliphatic rings. The van der Waals surface area contributed by atoms with Crippen LogP contribution in [0.4, 0.5) is 0 Å². The van der Waals surface area contributed by atoms with Gasteiger partial charge in [0, 0.05) is 0 Å². The van der Waals surface area contributed by atoms with Crippen LogP contribution in [0.3, 0.4) is 0 Å². The van der Waals surface area contributed by atoms with Gasteiger partial charge >= 0.3 is 89.0 Å². The van der Waals surface area contributed by atoms with Crippen molar-refractivity contribution in [3.05, 3.63) is 60.7 Å². The van der Waals surface area contributed by atoms with Gasteiger partial charge in [-0.3, -0.25) is 0 Å². The van der Waals surface area contributed by atoms with E-state index in [4.69, 9.17) is 0 Å². The molecular weight excluding hydrogens is 343 g/mol. The van der Waals surface area contributed by atoms with Crippen molar-refractivity contribution >= 4 is 45.3 Å². The van der Waals surface area contributed by atoms with Gasteiger partial charge in [-0.25, -0.2) is 0 Å². The van der Waals surface area contributed by atoms with E-state index in [0.717, 1.165) is 0 Å². The molecule has 2 radical (unpaired) electrons. The molecule has 0 nitrogen and oxygen atoms in total. The fraction of sp³-hybridized carbons (Fsp3) is 0. The maximum atomic E-state index is 2.24. The SMILES string of the molecule is Br.c1cc[c]([Sn][c]2ccccc2)cc1. The predicted octanol–water partition coefficient (Wildman–Crippen LogP) is 1.92. The van der Waals surface area contributed by atoms with Crippen molar-refractivity contribution in [2.24, 2.45) is 0 Å². The third-order valence-electron chi connectivity index (χ3n) is 1.84. The van der Waals surface area contributed by atoms with Gasteiger partial charge in [-0.2, -0.15) is 0 Å². The first-order chi connectivity index (χ1) is 6.45. The van der Waals surface area contributed by atoms with Crippen LogP contribution < -0.4 is 7.16 Å². The molecule has 0 saturated heterocycles. The summed E-state index contributed by atoms with van der Waals surface area (Å²) in [6.07, 6.45) is 0. The molecule has 0 aliphatic heterocycles. The van der Waals surface area contributed by atoms with Gasteiger partial charge in [0.15, 0.2) is 0 Å². The van der Waals surface area contributed by atoms with Crippen molar-refractivity contribution in [1.82, 2.24) is 0 Å². The molecule has 0 amide bonds. The average Bonchev–Trinajstić information content (AvgIpc) is 2.21. The van der Waals surface area contributed by atoms with E-state index in [0.29, 0.717) is 0 Å². The van der Waals surface area contributed by atoms with Crippen molar-refractivity contribution in [3.8, 4) is 0 Å². The van der Waals surface area contributed by atoms with E-state index in [-0.39, 0.29) is 17.0 Å². The summed E-state index contributed by atoms with van der Waals surface area (Å²) in [4.78, 5) is 0. The molecule has 0 saturated carbocycles.